The van der Waals surface area contributed by atoms with Gasteiger partial charge in [0.1, 0.15) is 5.82 Å². The first kappa shape index (κ1) is 20.6. The topological polar surface area (TPSA) is 69.6 Å². The Morgan fingerprint density at radius 3 is 2.50 bits per heavy atom. The summed E-state index contributed by atoms with van der Waals surface area (Å²) in [7, 11) is 0. The number of hydrogen-bond acceptors (Lipinski definition) is 6. The average molecular weight is 448 g/mol. The number of hydrogen-bond donors (Lipinski definition) is 0. The maximum Gasteiger partial charge on any atom is 0.228 e. The van der Waals surface area contributed by atoms with Gasteiger partial charge in [-0.3, -0.25) is 14.6 Å². The number of amides is 2. The van der Waals surface area contributed by atoms with E-state index in [-0.39, 0.29) is 30.2 Å². The second kappa shape index (κ2) is 8.70. The van der Waals surface area contributed by atoms with Crippen molar-refractivity contribution in [2.45, 2.75) is 19.4 Å². The van der Waals surface area contributed by atoms with Gasteiger partial charge in [-0.15, -0.1) is 11.3 Å². The predicted octanol–water partition coefficient (Wildman–Crippen LogP) is 3.29. The maximum atomic E-state index is 13.6. The van der Waals surface area contributed by atoms with E-state index >= 15 is 0 Å². The first-order valence-corrected chi connectivity index (χ1v) is 11.7. The quantitative estimate of drug-likeness (QED) is 0.614. The molecule has 0 N–H and O–H groups in total. The number of piperazine rings is 1. The highest BCUT2D eigenvalue weighted by atomic mass is 32.1. The highest BCUT2D eigenvalue weighted by Crippen LogP contribution is 2.43. The van der Waals surface area contributed by atoms with E-state index in [4.69, 9.17) is 0 Å². The number of aryl methyl sites for hydroxylation is 1. The first-order valence-electron chi connectivity index (χ1n) is 10.8. The smallest absolute Gasteiger partial charge is 0.228 e. The summed E-state index contributed by atoms with van der Waals surface area (Å²) < 4.78 is 0. The third kappa shape index (κ3) is 3.86. The lowest BCUT2D eigenvalue weighted by Gasteiger charge is -2.37. The molecule has 2 saturated heterocycles. The Balaban J connectivity index is 1.37. The zero-order chi connectivity index (χ0) is 22.1. The van der Waals surface area contributed by atoms with E-state index < -0.39 is 0 Å². The highest BCUT2D eigenvalue weighted by Gasteiger charge is 2.47. The van der Waals surface area contributed by atoms with Crippen molar-refractivity contribution < 1.29 is 9.59 Å². The van der Waals surface area contributed by atoms with Crippen LogP contribution in [-0.4, -0.2) is 52.9 Å². The molecule has 2 aromatic heterocycles. The van der Waals surface area contributed by atoms with E-state index in [0.717, 1.165) is 21.9 Å². The summed E-state index contributed by atoms with van der Waals surface area (Å²) in [6.07, 6.45) is 5.33. The van der Waals surface area contributed by atoms with Gasteiger partial charge in [0.15, 0.2) is 0 Å². The van der Waals surface area contributed by atoms with Crippen LogP contribution in [0.5, 0.6) is 0 Å². The minimum atomic E-state index is -0.384. The standard InChI is InChI=1S/C24H25N5O2S/c1-17-4-6-18(7-5-17)29-22(30)15-19(23(29)20-3-2-14-32-20)24(31)28-12-10-27(11-13-28)21-16-25-8-9-26-21/h2-9,14,16,19,23H,10-13,15H2,1H3/t19-,23+/m1/s1. The first-order chi connectivity index (χ1) is 15.6. The number of nitrogens with zero attached hydrogens (tertiary/aromatic N) is 5. The molecule has 3 aromatic rings. The molecule has 0 radical (unpaired) electrons. The zero-order valence-corrected chi connectivity index (χ0v) is 18.7. The van der Waals surface area contributed by atoms with Gasteiger partial charge in [-0.2, -0.15) is 0 Å². The largest absolute Gasteiger partial charge is 0.352 e. The molecule has 4 heterocycles. The average Bonchev–Trinajstić information content (AvgIpc) is 3.48. The van der Waals surface area contributed by atoms with E-state index in [9.17, 15) is 9.59 Å². The minimum absolute atomic E-state index is 0.00352. The molecule has 8 heteroatoms. The molecule has 2 aliphatic rings. The van der Waals surface area contributed by atoms with Crippen molar-refractivity contribution in [1.29, 1.82) is 0 Å². The second-order valence-corrected chi connectivity index (χ2v) is 9.23. The second-order valence-electron chi connectivity index (χ2n) is 8.25. The van der Waals surface area contributed by atoms with Crippen molar-refractivity contribution in [3.63, 3.8) is 0 Å². The molecule has 0 bridgehead atoms. The van der Waals surface area contributed by atoms with Gasteiger partial charge < -0.3 is 14.7 Å². The molecule has 7 nitrogen and oxygen atoms in total. The molecule has 5 rings (SSSR count). The molecule has 0 unspecified atom stereocenters. The van der Waals surface area contributed by atoms with E-state index in [2.05, 4.69) is 14.9 Å². The lowest BCUT2D eigenvalue weighted by molar-refractivity contribution is -0.136. The fourth-order valence-electron chi connectivity index (χ4n) is 4.60. The van der Waals surface area contributed by atoms with Gasteiger partial charge in [0.2, 0.25) is 11.8 Å². The summed E-state index contributed by atoms with van der Waals surface area (Å²) in [4.78, 5) is 42.2. The molecule has 2 aliphatic heterocycles. The number of rotatable bonds is 4. The van der Waals surface area contributed by atoms with Crippen LogP contribution in [0.3, 0.4) is 0 Å². The van der Waals surface area contributed by atoms with E-state index in [0.29, 0.717) is 26.2 Å². The van der Waals surface area contributed by atoms with Crippen LogP contribution in [0.4, 0.5) is 11.5 Å². The van der Waals surface area contributed by atoms with Gasteiger partial charge in [-0.25, -0.2) is 4.98 Å². The van der Waals surface area contributed by atoms with Crippen molar-refractivity contribution in [1.82, 2.24) is 14.9 Å². The Bertz CT molecular complexity index is 1080. The Kier molecular flexibility index (Phi) is 5.61. The predicted molar refractivity (Wildman–Crippen MR) is 125 cm³/mol. The van der Waals surface area contributed by atoms with Crippen LogP contribution >= 0.6 is 11.3 Å². The number of carbonyl (C=O) groups excluding carboxylic acids is 2. The van der Waals surface area contributed by atoms with Crippen molar-refractivity contribution in [2.75, 3.05) is 36.0 Å². The summed E-state index contributed by atoms with van der Waals surface area (Å²) in [6.45, 7) is 4.66. The summed E-state index contributed by atoms with van der Waals surface area (Å²) in [6, 6.07) is 11.7. The molecule has 2 fully saturated rings. The van der Waals surface area contributed by atoms with Crippen molar-refractivity contribution in [3.8, 4) is 0 Å². The van der Waals surface area contributed by atoms with E-state index in [1.807, 2.05) is 58.5 Å². The fourth-order valence-corrected chi connectivity index (χ4v) is 5.48. The molecule has 2 atom stereocenters. The normalized spacial score (nSPS) is 21.3. The van der Waals surface area contributed by atoms with Crippen molar-refractivity contribution in [3.05, 3.63) is 70.8 Å². The van der Waals surface area contributed by atoms with Crippen LogP contribution in [0.15, 0.2) is 60.4 Å². The van der Waals surface area contributed by atoms with Gasteiger partial charge in [0.05, 0.1) is 18.2 Å². The third-order valence-corrected chi connectivity index (χ3v) is 7.19. The third-order valence-electron chi connectivity index (χ3n) is 6.25. The molecule has 1 aromatic carbocycles. The Hall–Kier alpha value is -3.26. The van der Waals surface area contributed by atoms with Crippen LogP contribution in [0.25, 0.3) is 0 Å². The van der Waals surface area contributed by atoms with Crippen LogP contribution in [-0.2, 0) is 9.59 Å². The molecule has 2 amide bonds. The molecule has 32 heavy (non-hydrogen) atoms. The highest BCUT2D eigenvalue weighted by molar-refractivity contribution is 7.10. The Morgan fingerprint density at radius 2 is 1.84 bits per heavy atom. The Morgan fingerprint density at radius 1 is 1.06 bits per heavy atom. The van der Waals surface area contributed by atoms with Crippen molar-refractivity contribution >= 4 is 34.7 Å². The molecule has 164 valence electrons. The number of anilines is 2. The van der Waals surface area contributed by atoms with Gasteiger partial charge in [0.25, 0.3) is 0 Å². The van der Waals surface area contributed by atoms with Crippen LogP contribution in [0.1, 0.15) is 22.9 Å². The molecule has 0 spiro atoms. The monoisotopic (exact) mass is 447 g/mol. The van der Waals surface area contributed by atoms with Crippen LogP contribution in [0, 0.1) is 12.8 Å². The SMILES string of the molecule is Cc1ccc(N2C(=O)C[C@@H](C(=O)N3CCN(c4cnccn4)CC3)[C@H]2c2cccs2)cc1. The lowest BCUT2D eigenvalue weighted by Crippen LogP contribution is -2.51. The molecule has 0 saturated carbocycles. The van der Waals surface area contributed by atoms with Crippen LogP contribution in [0.2, 0.25) is 0 Å². The number of benzene rings is 1. The Labute approximate surface area is 191 Å². The summed E-state index contributed by atoms with van der Waals surface area (Å²) in [5.41, 5.74) is 1.99. The summed E-state index contributed by atoms with van der Waals surface area (Å²) in [5, 5.41) is 2.01. The lowest BCUT2D eigenvalue weighted by atomic mass is 9.96. The van der Waals surface area contributed by atoms with Gasteiger partial charge in [-0.1, -0.05) is 23.8 Å². The van der Waals surface area contributed by atoms with E-state index in [1.54, 1.807) is 29.9 Å². The van der Waals surface area contributed by atoms with Gasteiger partial charge in [-0.05, 0) is 30.5 Å². The van der Waals surface area contributed by atoms with Crippen molar-refractivity contribution in [2.24, 2.45) is 5.92 Å². The number of thiophene rings is 1. The molecular formula is C24H25N5O2S. The molecule has 0 aliphatic carbocycles. The van der Waals surface area contributed by atoms with Gasteiger partial charge >= 0.3 is 0 Å². The fraction of sp³-hybridized carbons (Fsp3) is 0.333. The number of carbonyl (C=O) groups is 2. The summed E-state index contributed by atoms with van der Waals surface area (Å²) >= 11 is 1.60. The molecular weight excluding hydrogens is 422 g/mol. The minimum Gasteiger partial charge on any atom is -0.352 e. The zero-order valence-electron chi connectivity index (χ0n) is 17.9. The van der Waals surface area contributed by atoms with Gasteiger partial charge in [0, 0.05) is 55.6 Å². The summed E-state index contributed by atoms with van der Waals surface area (Å²) in [5.74, 6) is 0.511. The maximum absolute atomic E-state index is 13.6. The van der Waals surface area contributed by atoms with E-state index in [1.165, 1.54) is 0 Å². The van der Waals surface area contributed by atoms with Crippen LogP contribution < -0.4 is 9.80 Å². The number of aromatic nitrogens is 2.